The minimum absolute atomic E-state index is 0.312. The van der Waals surface area contributed by atoms with Crippen LogP contribution in [0.4, 0.5) is 0 Å². The smallest absolute Gasteiger partial charge is 0.134 e. The van der Waals surface area contributed by atoms with Gasteiger partial charge in [-0.2, -0.15) is 0 Å². The van der Waals surface area contributed by atoms with Gasteiger partial charge in [-0.3, -0.25) is 5.32 Å². The third-order valence-electron chi connectivity index (χ3n) is 1.04. The van der Waals surface area contributed by atoms with Crippen LogP contribution >= 0.6 is 0 Å². The van der Waals surface area contributed by atoms with Crippen molar-refractivity contribution in [2.75, 3.05) is 13.2 Å². The molecule has 2 heterocycles. The zero-order valence-corrected chi connectivity index (χ0v) is 3.89. The molecule has 2 rings (SSSR count). The van der Waals surface area contributed by atoms with Crippen molar-refractivity contribution in [2.45, 2.75) is 12.5 Å². The van der Waals surface area contributed by atoms with Gasteiger partial charge < -0.3 is 9.47 Å². The first-order chi connectivity index (χ1) is 3.45. The lowest BCUT2D eigenvalue weighted by Gasteiger charge is -1.86. The topological polar surface area (TPSA) is 37.1 Å². The minimum atomic E-state index is 0.312. The van der Waals surface area contributed by atoms with Crippen LogP contribution in [0.3, 0.4) is 0 Å². The highest BCUT2D eigenvalue weighted by atomic mass is 16.6. The van der Waals surface area contributed by atoms with Gasteiger partial charge >= 0.3 is 0 Å². The largest absolute Gasteiger partial charge is 0.357 e. The summed E-state index contributed by atoms with van der Waals surface area (Å²) in [6.45, 7) is 1.72. The number of epoxide rings is 2. The quantitative estimate of drug-likeness (QED) is 0.467. The van der Waals surface area contributed by atoms with E-state index in [0.29, 0.717) is 12.5 Å². The van der Waals surface area contributed by atoms with Crippen LogP contribution in [-0.4, -0.2) is 25.7 Å². The van der Waals surface area contributed by atoms with E-state index in [1.165, 1.54) is 0 Å². The molecule has 0 radical (unpaired) electrons. The van der Waals surface area contributed by atoms with Crippen molar-refractivity contribution in [3.8, 4) is 0 Å². The third-order valence-corrected chi connectivity index (χ3v) is 1.04. The van der Waals surface area contributed by atoms with Gasteiger partial charge in [0.25, 0.3) is 0 Å². The minimum Gasteiger partial charge on any atom is -0.357 e. The maximum absolute atomic E-state index is 4.87. The molecule has 2 saturated heterocycles. The molecule has 2 aliphatic rings. The van der Waals surface area contributed by atoms with Crippen molar-refractivity contribution in [1.82, 2.24) is 5.32 Å². The van der Waals surface area contributed by atoms with Gasteiger partial charge in [-0.15, -0.1) is 0 Å². The first-order valence-electron chi connectivity index (χ1n) is 2.44. The molecule has 2 atom stereocenters. The van der Waals surface area contributed by atoms with Crippen LogP contribution in [-0.2, 0) is 9.47 Å². The Balaban J connectivity index is 1.69. The first-order valence-corrected chi connectivity index (χ1v) is 2.44. The Morgan fingerprint density at radius 3 is 1.86 bits per heavy atom. The fourth-order valence-electron chi connectivity index (χ4n) is 0.496. The monoisotopic (exact) mass is 101 g/mol. The predicted molar refractivity (Wildman–Crippen MR) is 22.6 cm³/mol. The molecule has 0 aromatic carbocycles. The second-order valence-electron chi connectivity index (χ2n) is 1.81. The summed E-state index contributed by atoms with van der Waals surface area (Å²) in [6.07, 6.45) is 0.625. The average molecular weight is 101 g/mol. The number of rotatable bonds is 2. The summed E-state index contributed by atoms with van der Waals surface area (Å²) in [4.78, 5) is 0. The van der Waals surface area contributed by atoms with Crippen molar-refractivity contribution in [2.24, 2.45) is 0 Å². The molecule has 0 bridgehead atoms. The van der Waals surface area contributed by atoms with Gasteiger partial charge in [0.1, 0.15) is 12.5 Å². The molecule has 0 aliphatic carbocycles. The van der Waals surface area contributed by atoms with E-state index < -0.39 is 0 Å². The fourth-order valence-corrected chi connectivity index (χ4v) is 0.496. The summed E-state index contributed by atoms with van der Waals surface area (Å²) >= 11 is 0. The third kappa shape index (κ3) is 0.907. The van der Waals surface area contributed by atoms with Gasteiger partial charge in [0.2, 0.25) is 0 Å². The van der Waals surface area contributed by atoms with Gasteiger partial charge in [0.05, 0.1) is 13.2 Å². The SMILES string of the molecule is C1OC1NC1CO1. The van der Waals surface area contributed by atoms with E-state index in [9.17, 15) is 0 Å². The Hall–Kier alpha value is -0.120. The summed E-state index contributed by atoms with van der Waals surface area (Å²) in [7, 11) is 0. The van der Waals surface area contributed by atoms with Crippen LogP contribution in [0.2, 0.25) is 0 Å². The van der Waals surface area contributed by atoms with E-state index in [1.807, 2.05) is 0 Å². The highest BCUT2D eigenvalue weighted by molar-refractivity contribution is 4.74. The summed E-state index contributed by atoms with van der Waals surface area (Å²) < 4.78 is 9.74. The van der Waals surface area contributed by atoms with Crippen molar-refractivity contribution in [3.05, 3.63) is 0 Å². The van der Waals surface area contributed by atoms with E-state index >= 15 is 0 Å². The van der Waals surface area contributed by atoms with E-state index in [2.05, 4.69) is 5.32 Å². The van der Waals surface area contributed by atoms with Crippen LogP contribution in [0.5, 0.6) is 0 Å². The summed E-state index contributed by atoms with van der Waals surface area (Å²) in [5.74, 6) is 0. The maximum atomic E-state index is 4.87. The van der Waals surface area contributed by atoms with Gasteiger partial charge in [0, 0.05) is 0 Å². The molecular formula is C4H7NO2. The highest BCUT2D eigenvalue weighted by Crippen LogP contribution is 2.11. The van der Waals surface area contributed by atoms with Crippen molar-refractivity contribution in [1.29, 1.82) is 0 Å². The average Bonchev–Trinajstić information content (AvgIpc) is 2.33. The lowest BCUT2D eigenvalue weighted by molar-refractivity contribution is 0.307. The molecule has 7 heavy (non-hydrogen) atoms. The van der Waals surface area contributed by atoms with E-state index in [4.69, 9.17) is 9.47 Å². The predicted octanol–water partition coefficient (Wildman–Crippen LogP) is -0.711. The van der Waals surface area contributed by atoms with Crippen molar-refractivity contribution < 1.29 is 9.47 Å². The van der Waals surface area contributed by atoms with E-state index in [-0.39, 0.29) is 0 Å². The normalized spacial score (nSPS) is 46.3. The highest BCUT2D eigenvalue weighted by Gasteiger charge is 2.31. The molecule has 0 saturated carbocycles. The van der Waals surface area contributed by atoms with Crippen LogP contribution in [0, 0.1) is 0 Å². The summed E-state index contributed by atoms with van der Waals surface area (Å²) in [6, 6.07) is 0. The molecule has 0 aromatic heterocycles. The molecule has 2 unspecified atom stereocenters. The molecule has 3 nitrogen and oxygen atoms in total. The van der Waals surface area contributed by atoms with Crippen LogP contribution < -0.4 is 5.32 Å². The lowest BCUT2D eigenvalue weighted by atomic mass is 10.7. The molecule has 3 heteroatoms. The van der Waals surface area contributed by atoms with Crippen LogP contribution in [0.1, 0.15) is 0 Å². The number of hydrogen-bond donors (Lipinski definition) is 1. The molecule has 2 aliphatic heterocycles. The first kappa shape index (κ1) is 3.83. The number of hydrogen-bond acceptors (Lipinski definition) is 3. The van der Waals surface area contributed by atoms with Crippen molar-refractivity contribution in [3.63, 3.8) is 0 Å². The maximum Gasteiger partial charge on any atom is 0.134 e. The Morgan fingerprint density at radius 1 is 1.14 bits per heavy atom. The second kappa shape index (κ2) is 1.18. The Kier molecular flexibility index (Phi) is 0.647. The Labute approximate surface area is 41.6 Å². The second-order valence-corrected chi connectivity index (χ2v) is 1.81. The van der Waals surface area contributed by atoms with Crippen LogP contribution in [0.15, 0.2) is 0 Å². The summed E-state index contributed by atoms with van der Waals surface area (Å²) in [5.41, 5.74) is 0. The summed E-state index contributed by atoms with van der Waals surface area (Å²) in [5, 5.41) is 3.08. The zero-order chi connectivity index (χ0) is 4.69. The molecular weight excluding hydrogens is 94.0 g/mol. The number of ether oxygens (including phenoxy) is 2. The lowest BCUT2D eigenvalue weighted by Crippen LogP contribution is -2.20. The molecule has 2 fully saturated rings. The van der Waals surface area contributed by atoms with Gasteiger partial charge in [-0.05, 0) is 0 Å². The molecule has 0 amide bonds. The number of nitrogens with one attached hydrogen (secondary N) is 1. The Bertz CT molecular complexity index is 67.8. The van der Waals surface area contributed by atoms with Crippen LogP contribution in [0.25, 0.3) is 0 Å². The van der Waals surface area contributed by atoms with Gasteiger partial charge in [-0.25, -0.2) is 0 Å². The van der Waals surface area contributed by atoms with E-state index in [1.54, 1.807) is 0 Å². The Morgan fingerprint density at radius 2 is 1.57 bits per heavy atom. The molecule has 40 valence electrons. The zero-order valence-electron chi connectivity index (χ0n) is 3.89. The van der Waals surface area contributed by atoms with Gasteiger partial charge in [-0.1, -0.05) is 0 Å². The fraction of sp³-hybridized carbons (Fsp3) is 1.00. The van der Waals surface area contributed by atoms with Crippen molar-refractivity contribution >= 4 is 0 Å². The molecule has 1 N–H and O–H groups in total. The molecule has 0 spiro atoms. The van der Waals surface area contributed by atoms with E-state index in [0.717, 1.165) is 13.2 Å². The standard InChI is InChI=1S/C4H7NO2/c1-3(6-1)5-4-2-7-4/h3-5H,1-2H2. The molecule has 0 aromatic rings. The van der Waals surface area contributed by atoms with Gasteiger partial charge in [0.15, 0.2) is 0 Å².